The van der Waals surface area contributed by atoms with Gasteiger partial charge in [-0.3, -0.25) is 0 Å². The Bertz CT molecular complexity index is 365. The summed E-state index contributed by atoms with van der Waals surface area (Å²) in [6, 6.07) is 6.80. The van der Waals surface area contributed by atoms with E-state index in [1.165, 1.54) is 12.8 Å². The van der Waals surface area contributed by atoms with Crippen LogP contribution in [0.5, 0.6) is 5.75 Å². The predicted octanol–water partition coefficient (Wildman–Crippen LogP) is 0.657. The number of benzene rings is 1. The maximum absolute atomic E-state index is 8.96. The van der Waals surface area contributed by atoms with E-state index in [0.29, 0.717) is 18.2 Å². The zero-order valence-electron chi connectivity index (χ0n) is 10.8. The Morgan fingerprint density at radius 2 is 2.11 bits per heavy atom. The van der Waals surface area contributed by atoms with Gasteiger partial charge in [0.1, 0.15) is 5.75 Å². The number of hydrogen-bond acceptors (Lipinski definition) is 5. The zero-order valence-corrected chi connectivity index (χ0v) is 11.6. The molecular weight excluding hydrogens is 263 g/mol. The predicted molar refractivity (Wildman–Crippen MR) is 78.1 cm³/mol. The molecule has 0 saturated carbocycles. The van der Waals surface area contributed by atoms with E-state index in [9.17, 15) is 0 Å². The molecule has 0 bridgehead atoms. The molecule has 1 saturated heterocycles. The fourth-order valence-electron chi connectivity index (χ4n) is 1.95. The van der Waals surface area contributed by atoms with Gasteiger partial charge < -0.3 is 19.5 Å². The summed E-state index contributed by atoms with van der Waals surface area (Å²) in [6.45, 7) is 1.56. The SMILES string of the molecule is OB(O)c1ccc(OCCSCC2CCCO2)cc1. The molecule has 19 heavy (non-hydrogen) atoms. The summed E-state index contributed by atoms with van der Waals surface area (Å²) in [4.78, 5) is 0. The van der Waals surface area contributed by atoms with E-state index in [-0.39, 0.29) is 0 Å². The van der Waals surface area contributed by atoms with E-state index in [2.05, 4.69) is 0 Å². The maximum atomic E-state index is 8.96. The first-order chi connectivity index (χ1) is 9.25. The lowest BCUT2D eigenvalue weighted by Gasteiger charge is -2.09. The lowest BCUT2D eigenvalue weighted by atomic mass is 9.80. The minimum atomic E-state index is -1.42. The molecule has 1 aliphatic heterocycles. The molecule has 2 N–H and O–H groups in total. The highest BCUT2D eigenvalue weighted by Crippen LogP contribution is 2.17. The molecule has 2 rings (SSSR count). The lowest BCUT2D eigenvalue weighted by molar-refractivity contribution is 0.129. The van der Waals surface area contributed by atoms with Gasteiger partial charge in [-0.15, -0.1) is 0 Å². The van der Waals surface area contributed by atoms with Crippen LogP contribution in [0.2, 0.25) is 0 Å². The van der Waals surface area contributed by atoms with Crippen molar-refractivity contribution in [2.45, 2.75) is 18.9 Å². The van der Waals surface area contributed by atoms with Gasteiger partial charge in [0, 0.05) is 18.1 Å². The van der Waals surface area contributed by atoms with Gasteiger partial charge in [0.25, 0.3) is 0 Å². The fraction of sp³-hybridized carbons (Fsp3) is 0.538. The molecule has 1 unspecified atom stereocenters. The van der Waals surface area contributed by atoms with Crippen LogP contribution in [0.25, 0.3) is 0 Å². The van der Waals surface area contributed by atoms with Crippen molar-refractivity contribution >= 4 is 24.3 Å². The summed E-state index contributed by atoms with van der Waals surface area (Å²) in [7, 11) is -1.42. The standard InChI is InChI=1S/C13H19BO4S/c15-14(16)11-3-5-12(6-4-11)18-8-9-19-10-13-2-1-7-17-13/h3-6,13,15-16H,1-2,7-10H2. The molecule has 1 heterocycles. The molecule has 6 heteroatoms. The Kier molecular flexibility index (Phi) is 6.04. The van der Waals surface area contributed by atoms with Gasteiger partial charge in [-0.1, -0.05) is 12.1 Å². The summed E-state index contributed by atoms with van der Waals surface area (Å²) in [5, 5.41) is 17.9. The summed E-state index contributed by atoms with van der Waals surface area (Å²) >= 11 is 1.85. The third kappa shape index (κ3) is 5.07. The fourth-order valence-corrected chi connectivity index (χ4v) is 2.84. The first kappa shape index (κ1) is 14.7. The van der Waals surface area contributed by atoms with Crippen molar-refractivity contribution in [3.05, 3.63) is 24.3 Å². The monoisotopic (exact) mass is 282 g/mol. The molecule has 0 aromatic heterocycles. The van der Waals surface area contributed by atoms with Crippen LogP contribution < -0.4 is 10.2 Å². The molecule has 0 radical (unpaired) electrons. The minimum absolute atomic E-state index is 0.426. The Balaban J connectivity index is 1.59. The van der Waals surface area contributed by atoms with Crippen LogP contribution in [0.1, 0.15) is 12.8 Å². The van der Waals surface area contributed by atoms with Crippen molar-refractivity contribution in [3.63, 3.8) is 0 Å². The van der Waals surface area contributed by atoms with E-state index in [1.807, 2.05) is 11.8 Å². The van der Waals surface area contributed by atoms with Crippen molar-refractivity contribution in [2.75, 3.05) is 24.7 Å². The molecule has 0 amide bonds. The quantitative estimate of drug-likeness (QED) is 0.568. The first-order valence-electron chi connectivity index (χ1n) is 6.54. The van der Waals surface area contributed by atoms with E-state index in [1.54, 1.807) is 24.3 Å². The number of thioether (sulfide) groups is 1. The second-order valence-corrected chi connectivity index (χ2v) is 5.65. The van der Waals surface area contributed by atoms with E-state index in [0.717, 1.165) is 23.9 Å². The van der Waals surface area contributed by atoms with Crippen molar-refractivity contribution in [3.8, 4) is 5.75 Å². The van der Waals surface area contributed by atoms with Crippen LogP contribution in [0.4, 0.5) is 0 Å². The van der Waals surface area contributed by atoms with Crippen molar-refractivity contribution in [2.24, 2.45) is 0 Å². The molecule has 1 aromatic carbocycles. The van der Waals surface area contributed by atoms with Crippen molar-refractivity contribution in [1.29, 1.82) is 0 Å². The Morgan fingerprint density at radius 1 is 1.32 bits per heavy atom. The Labute approximate surface area is 118 Å². The maximum Gasteiger partial charge on any atom is 0.488 e. The van der Waals surface area contributed by atoms with Crippen LogP contribution in [0.3, 0.4) is 0 Å². The van der Waals surface area contributed by atoms with Gasteiger partial charge >= 0.3 is 7.12 Å². The van der Waals surface area contributed by atoms with Crippen LogP contribution >= 0.6 is 11.8 Å². The summed E-state index contributed by atoms with van der Waals surface area (Å²) in [6.07, 6.45) is 2.79. The Hall–Kier alpha value is -0.685. The highest BCUT2D eigenvalue weighted by Gasteiger charge is 2.14. The zero-order chi connectivity index (χ0) is 13.5. The molecule has 1 atom stereocenters. The lowest BCUT2D eigenvalue weighted by Crippen LogP contribution is -2.29. The second-order valence-electron chi connectivity index (χ2n) is 4.50. The summed E-state index contributed by atoms with van der Waals surface area (Å²) < 4.78 is 11.1. The summed E-state index contributed by atoms with van der Waals surface area (Å²) in [5.74, 6) is 2.73. The second kappa shape index (κ2) is 7.80. The highest BCUT2D eigenvalue weighted by atomic mass is 32.2. The number of rotatable bonds is 7. The van der Waals surface area contributed by atoms with Crippen LogP contribution in [0, 0.1) is 0 Å². The third-order valence-electron chi connectivity index (χ3n) is 3.00. The molecule has 1 fully saturated rings. The Morgan fingerprint density at radius 3 is 2.74 bits per heavy atom. The van der Waals surface area contributed by atoms with E-state index >= 15 is 0 Å². The van der Waals surface area contributed by atoms with Crippen LogP contribution in [-0.4, -0.2) is 48.0 Å². The van der Waals surface area contributed by atoms with Gasteiger partial charge in [0.2, 0.25) is 0 Å². The third-order valence-corrected chi connectivity index (χ3v) is 4.07. The number of ether oxygens (including phenoxy) is 2. The van der Waals surface area contributed by atoms with Crippen LogP contribution in [-0.2, 0) is 4.74 Å². The van der Waals surface area contributed by atoms with Gasteiger partial charge in [-0.25, -0.2) is 0 Å². The average molecular weight is 282 g/mol. The topological polar surface area (TPSA) is 58.9 Å². The van der Waals surface area contributed by atoms with Gasteiger partial charge in [0.05, 0.1) is 12.7 Å². The van der Waals surface area contributed by atoms with Gasteiger partial charge in [-0.05, 0) is 30.4 Å². The van der Waals surface area contributed by atoms with Gasteiger partial charge in [0.15, 0.2) is 0 Å². The van der Waals surface area contributed by atoms with Crippen LogP contribution in [0.15, 0.2) is 24.3 Å². The molecule has 0 aliphatic carbocycles. The van der Waals surface area contributed by atoms with Gasteiger partial charge in [-0.2, -0.15) is 11.8 Å². The molecule has 104 valence electrons. The average Bonchev–Trinajstić information content (AvgIpc) is 2.92. The van der Waals surface area contributed by atoms with E-state index in [4.69, 9.17) is 19.5 Å². The molecule has 1 aromatic rings. The van der Waals surface area contributed by atoms with Crippen molar-refractivity contribution in [1.82, 2.24) is 0 Å². The molecule has 1 aliphatic rings. The highest BCUT2D eigenvalue weighted by molar-refractivity contribution is 7.99. The number of hydrogen-bond donors (Lipinski definition) is 2. The van der Waals surface area contributed by atoms with E-state index < -0.39 is 7.12 Å². The normalized spacial score (nSPS) is 18.5. The van der Waals surface area contributed by atoms with Crippen molar-refractivity contribution < 1.29 is 19.5 Å². The summed E-state index contributed by atoms with van der Waals surface area (Å²) in [5.41, 5.74) is 0.472. The molecular formula is C13H19BO4S. The largest absolute Gasteiger partial charge is 0.493 e. The molecule has 0 spiro atoms. The minimum Gasteiger partial charge on any atom is -0.493 e. The molecule has 4 nitrogen and oxygen atoms in total. The first-order valence-corrected chi connectivity index (χ1v) is 7.69. The smallest absolute Gasteiger partial charge is 0.488 e.